The quantitative estimate of drug-likeness (QED) is 0.593. The molecule has 2 aromatic carbocycles. The maximum absolute atomic E-state index is 13.4. The SMILES string of the molecule is CC[C@@H](C(=O)NC1CCCCC1)N(Cc1cccc(C)c1)C(=O)Cc1ccc(Cl)cc1. The number of hydrogen-bond donors (Lipinski definition) is 1. The predicted molar refractivity (Wildman–Crippen MR) is 126 cm³/mol. The van der Waals surface area contributed by atoms with E-state index in [4.69, 9.17) is 11.6 Å². The third kappa shape index (κ3) is 6.83. The van der Waals surface area contributed by atoms with E-state index in [-0.39, 0.29) is 24.3 Å². The molecule has 2 amide bonds. The second kappa shape index (κ2) is 11.3. The standard InChI is InChI=1S/C26H33ClN2O2/c1-3-24(26(31)28-23-10-5-4-6-11-23)29(18-21-9-7-8-19(2)16-21)25(30)17-20-12-14-22(27)15-13-20/h7-9,12-16,23-24H,3-6,10-11,17-18H2,1-2H3,(H,28,31)/t24-/m0/s1. The van der Waals surface area contributed by atoms with E-state index in [9.17, 15) is 9.59 Å². The maximum Gasteiger partial charge on any atom is 0.243 e. The first kappa shape index (κ1) is 23.3. The van der Waals surface area contributed by atoms with E-state index in [0.717, 1.165) is 42.4 Å². The van der Waals surface area contributed by atoms with Crippen molar-refractivity contribution in [3.05, 3.63) is 70.2 Å². The number of amides is 2. The summed E-state index contributed by atoms with van der Waals surface area (Å²) < 4.78 is 0. The van der Waals surface area contributed by atoms with E-state index in [1.807, 2.05) is 44.2 Å². The summed E-state index contributed by atoms with van der Waals surface area (Å²) in [5.74, 6) is -0.0824. The topological polar surface area (TPSA) is 49.4 Å². The summed E-state index contributed by atoms with van der Waals surface area (Å²) in [7, 11) is 0. The first-order valence-electron chi connectivity index (χ1n) is 11.4. The number of carbonyl (C=O) groups is 2. The molecule has 1 aliphatic carbocycles. The van der Waals surface area contributed by atoms with Gasteiger partial charge in [0.25, 0.3) is 0 Å². The van der Waals surface area contributed by atoms with Crippen LogP contribution in [0.4, 0.5) is 0 Å². The summed E-state index contributed by atoms with van der Waals surface area (Å²) in [6.07, 6.45) is 6.43. The highest BCUT2D eigenvalue weighted by molar-refractivity contribution is 6.30. The Kier molecular flexibility index (Phi) is 8.53. The number of halogens is 1. The average Bonchev–Trinajstić information content (AvgIpc) is 2.76. The summed E-state index contributed by atoms with van der Waals surface area (Å²) in [6, 6.07) is 15.2. The Labute approximate surface area is 191 Å². The van der Waals surface area contributed by atoms with Gasteiger partial charge in [0.05, 0.1) is 6.42 Å². The van der Waals surface area contributed by atoms with Crippen LogP contribution in [0.1, 0.15) is 62.1 Å². The number of nitrogens with zero attached hydrogens (tertiary/aromatic N) is 1. The lowest BCUT2D eigenvalue weighted by atomic mass is 9.95. The van der Waals surface area contributed by atoms with Gasteiger partial charge in [0, 0.05) is 17.6 Å². The molecular formula is C26H33ClN2O2. The fourth-order valence-electron chi connectivity index (χ4n) is 4.35. The molecule has 0 heterocycles. The Bertz CT molecular complexity index is 875. The molecule has 0 unspecified atom stereocenters. The molecule has 0 aromatic heterocycles. The van der Waals surface area contributed by atoms with Crippen molar-refractivity contribution >= 4 is 23.4 Å². The molecule has 0 spiro atoms. The summed E-state index contributed by atoms with van der Waals surface area (Å²) in [4.78, 5) is 28.4. The van der Waals surface area contributed by atoms with Crippen molar-refractivity contribution < 1.29 is 9.59 Å². The number of carbonyl (C=O) groups excluding carboxylic acids is 2. The van der Waals surface area contributed by atoms with Gasteiger partial charge < -0.3 is 10.2 Å². The lowest BCUT2D eigenvalue weighted by molar-refractivity contribution is -0.141. The van der Waals surface area contributed by atoms with Gasteiger partial charge in [-0.1, -0.05) is 79.7 Å². The average molecular weight is 441 g/mol. The van der Waals surface area contributed by atoms with E-state index >= 15 is 0 Å². The number of hydrogen-bond acceptors (Lipinski definition) is 2. The highest BCUT2D eigenvalue weighted by Gasteiger charge is 2.30. The molecule has 1 fully saturated rings. The van der Waals surface area contributed by atoms with E-state index in [2.05, 4.69) is 11.4 Å². The lowest BCUT2D eigenvalue weighted by Gasteiger charge is -2.33. The van der Waals surface area contributed by atoms with E-state index in [1.54, 1.807) is 17.0 Å². The second-order valence-corrected chi connectivity index (χ2v) is 9.02. The van der Waals surface area contributed by atoms with Gasteiger partial charge in [0.2, 0.25) is 11.8 Å². The van der Waals surface area contributed by atoms with Crippen LogP contribution in [0.3, 0.4) is 0 Å². The molecule has 4 nitrogen and oxygen atoms in total. The van der Waals surface area contributed by atoms with Gasteiger partial charge in [-0.3, -0.25) is 9.59 Å². The Morgan fingerprint density at radius 1 is 1.06 bits per heavy atom. The number of rotatable bonds is 8. The molecule has 0 radical (unpaired) electrons. The molecule has 5 heteroatoms. The second-order valence-electron chi connectivity index (χ2n) is 8.58. The van der Waals surface area contributed by atoms with Gasteiger partial charge >= 0.3 is 0 Å². The van der Waals surface area contributed by atoms with Crippen molar-refractivity contribution in [2.75, 3.05) is 0 Å². The van der Waals surface area contributed by atoms with Crippen molar-refractivity contribution in [3.63, 3.8) is 0 Å². The summed E-state index contributed by atoms with van der Waals surface area (Å²) in [5, 5.41) is 3.87. The van der Waals surface area contributed by atoms with Gasteiger partial charge in [-0.15, -0.1) is 0 Å². The molecule has 0 aliphatic heterocycles. The summed E-state index contributed by atoms with van der Waals surface area (Å²) >= 11 is 5.99. The maximum atomic E-state index is 13.4. The van der Waals surface area contributed by atoms with E-state index in [0.29, 0.717) is 18.0 Å². The Balaban J connectivity index is 1.80. The van der Waals surface area contributed by atoms with Gasteiger partial charge in [0.1, 0.15) is 6.04 Å². The van der Waals surface area contributed by atoms with Gasteiger partial charge in [-0.2, -0.15) is 0 Å². The molecule has 31 heavy (non-hydrogen) atoms. The van der Waals surface area contributed by atoms with E-state index in [1.165, 1.54) is 6.42 Å². The van der Waals surface area contributed by atoms with Crippen LogP contribution < -0.4 is 5.32 Å². The molecule has 166 valence electrons. The number of nitrogens with one attached hydrogen (secondary N) is 1. The molecule has 1 saturated carbocycles. The minimum Gasteiger partial charge on any atom is -0.352 e. The van der Waals surface area contributed by atoms with Crippen LogP contribution in [-0.2, 0) is 22.6 Å². The molecular weight excluding hydrogens is 408 g/mol. The first-order chi connectivity index (χ1) is 15.0. The highest BCUT2D eigenvalue weighted by atomic mass is 35.5. The van der Waals surface area contributed by atoms with Crippen LogP contribution >= 0.6 is 11.6 Å². The molecule has 2 aromatic rings. The highest BCUT2D eigenvalue weighted by Crippen LogP contribution is 2.20. The lowest BCUT2D eigenvalue weighted by Crippen LogP contribution is -2.51. The Hall–Kier alpha value is -2.33. The Morgan fingerprint density at radius 2 is 1.77 bits per heavy atom. The molecule has 1 aliphatic rings. The van der Waals surface area contributed by atoms with Crippen molar-refractivity contribution in [1.82, 2.24) is 10.2 Å². The monoisotopic (exact) mass is 440 g/mol. The van der Waals surface area contributed by atoms with E-state index < -0.39 is 6.04 Å². The molecule has 3 rings (SSSR count). The zero-order valence-electron chi connectivity index (χ0n) is 18.6. The summed E-state index contributed by atoms with van der Waals surface area (Å²) in [5.41, 5.74) is 3.07. The van der Waals surface area contributed by atoms with Gasteiger partial charge in [-0.05, 0) is 49.4 Å². The zero-order valence-corrected chi connectivity index (χ0v) is 19.3. The van der Waals surface area contributed by atoms with Crippen LogP contribution in [0.5, 0.6) is 0 Å². The fourth-order valence-corrected chi connectivity index (χ4v) is 4.48. The third-order valence-electron chi connectivity index (χ3n) is 6.04. The Morgan fingerprint density at radius 3 is 2.42 bits per heavy atom. The van der Waals surface area contributed by atoms with Crippen molar-refractivity contribution in [2.45, 2.75) is 77.4 Å². The minimum absolute atomic E-state index is 0.0356. The number of aryl methyl sites for hydroxylation is 1. The minimum atomic E-state index is -0.484. The van der Waals surface area contributed by atoms with Crippen molar-refractivity contribution in [1.29, 1.82) is 0 Å². The smallest absolute Gasteiger partial charge is 0.243 e. The van der Waals surface area contributed by atoms with Gasteiger partial charge in [-0.25, -0.2) is 0 Å². The predicted octanol–water partition coefficient (Wildman–Crippen LogP) is 5.45. The third-order valence-corrected chi connectivity index (χ3v) is 6.29. The van der Waals surface area contributed by atoms with Crippen molar-refractivity contribution in [3.8, 4) is 0 Å². The molecule has 0 saturated heterocycles. The first-order valence-corrected chi connectivity index (χ1v) is 11.7. The fraction of sp³-hybridized carbons (Fsp3) is 0.462. The van der Waals surface area contributed by atoms with Crippen LogP contribution in [0.2, 0.25) is 5.02 Å². The molecule has 1 N–H and O–H groups in total. The zero-order chi connectivity index (χ0) is 22.2. The normalized spacial score (nSPS) is 15.3. The van der Waals surface area contributed by atoms with Crippen molar-refractivity contribution in [2.24, 2.45) is 0 Å². The van der Waals surface area contributed by atoms with Crippen LogP contribution in [0.25, 0.3) is 0 Å². The van der Waals surface area contributed by atoms with Crippen LogP contribution in [-0.4, -0.2) is 28.8 Å². The summed E-state index contributed by atoms with van der Waals surface area (Å²) in [6.45, 7) is 4.44. The van der Waals surface area contributed by atoms with Crippen LogP contribution in [0.15, 0.2) is 48.5 Å². The van der Waals surface area contributed by atoms with Crippen LogP contribution in [0, 0.1) is 6.92 Å². The molecule has 0 bridgehead atoms. The number of benzene rings is 2. The largest absolute Gasteiger partial charge is 0.352 e. The molecule has 1 atom stereocenters. The van der Waals surface area contributed by atoms with Gasteiger partial charge in [0.15, 0.2) is 0 Å².